The van der Waals surface area contributed by atoms with E-state index in [4.69, 9.17) is 9.47 Å². The van der Waals surface area contributed by atoms with Crippen molar-refractivity contribution in [3.63, 3.8) is 0 Å². The number of benzene rings is 1. The van der Waals surface area contributed by atoms with Crippen LogP contribution in [0.15, 0.2) is 24.3 Å². The number of hydrazine groups is 1. The third-order valence-electron chi connectivity index (χ3n) is 4.97. The van der Waals surface area contributed by atoms with Gasteiger partial charge in [0.25, 0.3) is 5.91 Å². The lowest BCUT2D eigenvalue weighted by Gasteiger charge is -2.16. The average Bonchev–Trinajstić information content (AvgIpc) is 3.13. The van der Waals surface area contributed by atoms with Crippen molar-refractivity contribution >= 4 is 23.2 Å². The first-order valence-corrected chi connectivity index (χ1v) is 10.2. The number of fused-ring (bicyclic) bond motifs is 1. The minimum absolute atomic E-state index is 0.224. The molecule has 0 aliphatic heterocycles. The fourth-order valence-electron chi connectivity index (χ4n) is 3.47. The van der Waals surface area contributed by atoms with E-state index in [0.717, 1.165) is 18.4 Å². The molecule has 150 valence electrons. The molecule has 7 heteroatoms. The summed E-state index contributed by atoms with van der Waals surface area (Å²) in [4.78, 5) is 26.4. The van der Waals surface area contributed by atoms with Gasteiger partial charge in [-0.2, -0.15) is 0 Å². The Hall–Kier alpha value is -2.54. The van der Waals surface area contributed by atoms with Gasteiger partial charge in [-0.15, -0.1) is 11.3 Å². The summed E-state index contributed by atoms with van der Waals surface area (Å²) in [6.45, 7) is 2.23. The Morgan fingerprint density at radius 1 is 1.21 bits per heavy atom. The fourth-order valence-corrected chi connectivity index (χ4v) is 4.57. The second-order valence-corrected chi connectivity index (χ2v) is 8.20. The Morgan fingerprint density at radius 3 is 2.79 bits per heavy atom. The first kappa shape index (κ1) is 20.2. The lowest BCUT2D eigenvalue weighted by molar-refractivity contribution is -0.121. The topological polar surface area (TPSA) is 76.7 Å². The molecule has 1 aliphatic rings. The van der Waals surface area contributed by atoms with Crippen LogP contribution in [0, 0.1) is 5.92 Å². The van der Waals surface area contributed by atoms with Crippen LogP contribution in [0.3, 0.4) is 0 Å². The number of amides is 2. The molecule has 0 fully saturated rings. The summed E-state index contributed by atoms with van der Waals surface area (Å²) in [5.41, 5.74) is 7.17. The maximum atomic E-state index is 12.4. The zero-order valence-electron chi connectivity index (χ0n) is 16.5. The predicted octanol–water partition coefficient (Wildman–Crippen LogP) is 3.28. The van der Waals surface area contributed by atoms with Crippen molar-refractivity contribution in [2.45, 2.75) is 39.0 Å². The molecule has 3 rings (SSSR count). The van der Waals surface area contributed by atoms with Gasteiger partial charge in [0, 0.05) is 11.3 Å². The maximum absolute atomic E-state index is 12.4. The van der Waals surface area contributed by atoms with Crippen LogP contribution < -0.4 is 20.3 Å². The molecule has 0 saturated carbocycles. The minimum Gasteiger partial charge on any atom is -0.493 e. The molecular weight excluding hydrogens is 376 g/mol. The molecule has 2 amide bonds. The number of rotatable bonds is 6. The van der Waals surface area contributed by atoms with Gasteiger partial charge in [-0.05, 0) is 54.9 Å². The van der Waals surface area contributed by atoms with Gasteiger partial charge < -0.3 is 9.47 Å². The molecular formula is C21H26N2O4S. The van der Waals surface area contributed by atoms with Crippen LogP contribution in [-0.4, -0.2) is 26.0 Å². The summed E-state index contributed by atoms with van der Waals surface area (Å²) < 4.78 is 10.6. The van der Waals surface area contributed by atoms with E-state index in [1.165, 1.54) is 28.2 Å². The van der Waals surface area contributed by atoms with Crippen LogP contribution in [0.2, 0.25) is 0 Å². The van der Waals surface area contributed by atoms with E-state index in [2.05, 4.69) is 17.8 Å². The summed E-state index contributed by atoms with van der Waals surface area (Å²) in [5.74, 6) is 1.39. The third kappa shape index (κ3) is 4.65. The molecule has 1 heterocycles. The quantitative estimate of drug-likeness (QED) is 0.727. The zero-order chi connectivity index (χ0) is 20.1. The first-order chi connectivity index (χ1) is 13.5. The molecule has 2 N–H and O–H groups in total. The monoisotopic (exact) mass is 402 g/mol. The molecule has 1 atom stereocenters. The molecule has 1 aromatic carbocycles. The van der Waals surface area contributed by atoms with Crippen molar-refractivity contribution in [3.05, 3.63) is 45.1 Å². The van der Waals surface area contributed by atoms with E-state index >= 15 is 0 Å². The summed E-state index contributed by atoms with van der Waals surface area (Å²) in [7, 11) is 3.15. The van der Waals surface area contributed by atoms with Gasteiger partial charge in [-0.1, -0.05) is 19.1 Å². The second kappa shape index (κ2) is 9.10. The van der Waals surface area contributed by atoms with E-state index in [1.807, 2.05) is 24.3 Å². The molecule has 0 bridgehead atoms. The highest BCUT2D eigenvalue weighted by Crippen LogP contribution is 2.32. The van der Waals surface area contributed by atoms with Crippen LogP contribution in [0.25, 0.3) is 0 Å². The first-order valence-electron chi connectivity index (χ1n) is 9.42. The van der Waals surface area contributed by atoms with Crippen LogP contribution in [0.5, 0.6) is 11.5 Å². The summed E-state index contributed by atoms with van der Waals surface area (Å²) in [6.07, 6.45) is 3.92. The predicted molar refractivity (Wildman–Crippen MR) is 109 cm³/mol. The SMILES string of the molecule is COc1cccc(CCC(=O)NNC(=O)c2cc3c(s2)CC[C@H](C)C3)c1OC. The number of methoxy groups -OCH3 is 2. The minimum atomic E-state index is -0.264. The van der Waals surface area contributed by atoms with E-state index in [9.17, 15) is 9.59 Å². The number of carbonyl (C=O) groups excluding carboxylic acids is 2. The van der Waals surface area contributed by atoms with Crippen molar-refractivity contribution in [3.8, 4) is 11.5 Å². The number of thiophene rings is 1. The number of nitrogens with one attached hydrogen (secondary N) is 2. The van der Waals surface area contributed by atoms with Crippen molar-refractivity contribution in [1.82, 2.24) is 10.9 Å². The fraction of sp³-hybridized carbons (Fsp3) is 0.429. The Labute approximate surface area is 169 Å². The molecule has 6 nitrogen and oxygen atoms in total. The van der Waals surface area contributed by atoms with Crippen LogP contribution in [-0.2, 0) is 24.1 Å². The highest BCUT2D eigenvalue weighted by atomic mass is 32.1. The maximum Gasteiger partial charge on any atom is 0.279 e. The highest BCUT2D eigenvalue weighted by molar-refractivity contribution is 7.14. The van der Waals surface area contributed by atoms with E-state index in [-0.39, 0.29) is 18.2 Å². The largest absolute Gasteiger partial charge is 0.493 e. The average molecular weight is 403 g/mol. The molecule has 0 saturated heterocycles. The van der Waals surface area contributed by atoms with E-state index in [0.29, 0.717) is 28.7 Å². The van der Waals surface area contributed by atoms with Crippen LogP contribution in [0.1, 0.15) is 45.4 Å². The highest BCUT2D eigenvalue weighted by Gasteiger charge is 2.21. The van der Waals surface area contributed by atoms with Gasteiger partial charge in [-0.3, -0.25) is 20.4 Å². The summed E-state index contributed by atoms with van der Waals surface area (Å²) in [6, 6.07) is 7.52. The number of aryl methyl sites for hydroxylation is 2. The molecule has 1 aliphatic carbocycles. The Kier molecular flexibility index (Phi) is 6.57. The zero-order valence-corrected chi connectivity index (χ0v) is 17.3. The molecule has 1 aromatic heterocycles. The molecule has 0 spiro atoms. The van der Waals surface area contributed by atoms with Crippen molar-refractivity contribution < 1.29 is 19.1 Å². The van der Waals surface area contributed by atoms with Gasteiger partial charge in [0.05, 0.1) is 19.1 Å². The van der Waals surface area contributed by atoms with Gasteiger partial charge in [0.15, 0.2) is 11.5 Å². The van der Waals surface area contributed by atoms with Crippen molar-refractivity contribution in [2.75, 3.05) is 14.2 Å². The van der Waals surface area contributed by atoms with Crippen molar-refractivity contribution in [2.24, 2.45) is 5.92 Å². The smallest absolute Gasteiger partial charge is 0.279 e. The van der Waals surface area contributed by atoms with Crippen LogP contribution in [0.4, 0.5) is 0 Å². The number of hydrogen-bond acceptors (Lipinski definition) is 5. The normalized spacial score (nSPS) is 15.5. The lowest BCUT2D eigenvalue weighted by Crippen LogP contribution is -2.41. The van der Waals surface area contributed by atoms with Gasteiger partial charge >= 0.3 is 0 Å². The standard InChI is InChI=1S/C21H26N2O4S/c1-13-7-9-17-15(11-13)12-18(28-17)21(25)23-22-19(24)10-8-14-5-4-6-16(26-2)20(14)27-3/h4-6,12-13H,7-11H2,1-3H3,(H,22,24)(H,23,25)/t13-/m0/s1. The van der Waals surface area contributed by atoms with Gasteiger partial charge in [0.1, 0.15) is 0 Å². The third-order valence-corrected chi connectivity index (χ3v) is 6.21. The summed E-state index contributed by atoms with van der Waals surface area (Å²) in [5, 5.41) is 0. The lowest BCUT2D eigenvalue weighted by atomic mass is 9.90. The van der Waals surface area contributed by atoms with Gasteiger partial charge in [-0.25, -0.2) is 0 Å². The molecule has 0 unspecified atom stereocenters. The molecule has 2 aromatic rings. The Balaban J connectivity index is 1.52. The Bertz CT molecular complexity index is 862. The van der Waals surface area contributed by atoms with Crippen molar-refractivity contribution in [1.29, 1.82) is 0 Å². The summed E-state index contributed by atoms with van der Waals surface area (Å²) >= 11 is 1.52. The Morgan fingerprint density at radius 2 is 2.04 bits per heavy atom. The second-order valence-electron chi connectivity index (χ2n) is 7.06. The van der Waals surface area contributed by atoms with Crippen LogP contribution >= 0.6 is 11.3 Å². The molecule has 0 radical (unpaired) electrons. The number of ether oxygens (including phenoxy) is 2. The van der Waals surface area contributed by atoms with E-state index in [1.54, 1.807) is 14.2 Å². The number of carbonyl (C=O) groups is 2. The number of hydrogen-bond donors (Lipinski definition) is 2. The molecule has 28 heavy (non-hydrogen) atoms. The number of para-hydroxylation sites is 1. The van der Waals surface area contributed by atoms with E-state index < -0.39 is 0 Å². The van der Waals surface area contributed by atoms with Gasteiger partial charge in [0.2, 0.25) is 5.91 Å².